The summed E-state index contributed by atoms with van der Waals surface area (Å²) in [5.74, 6) is 6.06. The zero-order valence-electron chi connectivity index (χ0n) is 9.77. The molecule has 5 nitrogen and oxygen atoms in total. The summed E-state index contributed by atoms with van der Waals surface area (Å²) in [6.07, 6.45) is 3.92. The van der Waals surface area contributed by atoms with E-state index in [0.29, 0.717) is 5.92 Å². The van der Waals surface area contributed by atoms with Crippen LogP contribution in [0.3, 0.4) is 0 Å². The fourth-order valence-corrected chi connectivity index (χ4v) is 1.67. The van der Waals surface area contributed by atoms with Gasteiger partial charge in [0.05, 0.1) is 17.9 Å². The molecule has 0 aromatic carbocycles. The second kappa shape index (κ2) is 5.82. The molecule has 0 amide bonds. The predicted octanol–water partition coefficient (Wildman–Crippen LogP) is 1.24. The lowest BCUT2D eigenvalue weighted by molar-refractivity contribution is 0.356. The van der Waals surface area contributed by atoms with E-state index in [9.17, 15) is 0 Å². The lowest BCUT2D eigenvalue weighted by Gasteiger charge is -2.22. The molecule has 0 aliphatic carbocycles. The molecule has 2 unspecified atom stereocenters. The first-order valence-electron chi connectivity index (χ1n) is 5.59. The summed E-state index contributed by atoms with van der Waals surface area (Å²) < 4.78 is 1.93. The number of aromatic nitrogens is 3. The second-order valence-corrected chi connectivity index (χ2v) is 3.91. The van der Waals surface area contributed by atoms with Gasteiger partial charge in [0.2, 0.25) is 0 Å². The number of hydrogen-bond donors (Lipinski definition) is 2. The van der Waals surface area contributed by atoms with E-state index >= 15 is 0 Å². The first kappa shape index (κ1) is 12.1. The Hall–Kier alpha value is -0.940. The van der Waals surface area contributed by atoms with Crippen molar-refractivity contribution in [3.8, 4) is 0 Å². The Morgan fingerprint density at radius 1 is 1.53 bits per heavy atom. The van der Waals surface area contributed by atoms with Gasteiger partial charge in [0, 0.05) is 6.54 Å². The van der Waals surface area contributed by atoms with Crippen LogP contribution in [0.5, 0.6) is 0 Å². The van der Waals surface area contributed by atoms with Crippen LogP contribution in [0.2, 0.25) is 0 Å². The van der Waals surface area contributed by atoms with Crippen molar-refractivity contribution in [2.45, 2.75) is 46.2 Å². The third kappa shape index (κ3) is 2.76. The van der Waals surface area contributed by atoms with Crippen LogP contribution < -0.4 is 11.3 Å². The minimum atomic E-state index is 0.136. The first-order valence-corrected chi connectivity index (χ1v) is 5.59. The molecule has 0 radical (unpaired) electrons. The molecule has 3 N–H and O–H groups in total. The van der Waals surface area contributed by atoms with E-state index in [1.165, 1.54) is 0 Å². The number of rotatable bonds is 6. The quantitative estimate of drug-likeness (QED) is 0.548. The van der Waals surface area contributed by atoms with Crippen LogP contribution in [0.25, 0.3) is 0 Å². The predicted molar refractivity (Wildman–Crippen MR) is 59.8 cm³/mol. The topological polar surface area (TPSA) is 68.8 Å². The van der Waals surface area contributed by atoms with Gasteiger partial charge in [0.15, 0.2) is 0 Å². The van der Waals surface area contributed by atoms with Crippen LogP contribution in [0.1, 0.15) is 45.3 Å². The molecular weight excluding hydrogens is 190 g/mol. The number of aryl methyl sites for hydroxylation is 1. The molecule has 0 spiro atoms. The molecular formula is C10H21N5. The summed E-state index contributed by atoms with van der Waals surface area (Å²) in [6, 6.07) is 0.136. The highest BCUT2D eigenvalue weighted by atomic mass is 15.4. The average molecular weight is 211 g/mol. The van der Waals surface area contributed by atoms with Gasteiger partial charge >= 0.3 is 0 Å². The van der Waals surface area contributed by atoms with Crippen molar-refractivity contribution in [3.05, 3.63) is 11.9 Å². The third-order valence-electron chi connectivity index (χ3n) is 2.79. The Kier molecular flexibility index (Phi) is 4.71. The normalized spacial score (nSPS) is 15.2. The van der Waals surface area contributed by atoms with Crippen LogP contribution in [0, 0.1) is 5.92 Å². The molecule has 1 aromatic heterocycles. The van der Waals surface area contributed by atoms with Crippen molar-refractivity contribution in [2.75, 3.05) is 0 Å². The van der Waals surface area contributed by atoms with Gasteiger partial charge in [0.25, 0.3) is 0 Å². The molecule has 0 saturated heterocycles. The number of nitrogens with one attached hydrogen (secondary N) is 1. The summed E-state index contributed by atoms with van der Waals surface area (Å²) in [5, 5.41) is 8.01. The van der Waals surface area contributed by atoms with Crippen LogP contribution >= 0.6 is 0 Å². The van der Waals surface area contributed by atoms with Gasteiger partial charge in [-0.3, -0.25) is 11.3 Å². The standard InChI is InChI=1S/C10H21N5/c1-4-6-15-9(7-12-14-15)10(13-11)8(3)5-2/h7-8,10,13H,4-6,11H2,1-3H3. The van der Waals surface area contributed by atoms with E-state index < -0.39 is 0 Å². The van der Waals surface area contributed by atoms with E-state index in [1.54, 1.807) is 6.20 Å². The molecule has 15 heavy (non-hydrogen) atoms. The maximum absolute atomic E-state index is 5.59. The minimum absolute atomic E-state index is 0.136. The Labute approximate surface area is 91.0 Å². The molecule has 86 valence electrons. The fourth-order valence-electron chi connectivity index (χ4n) is 1.67. The van der Waals surface area contributed by atoms with Crippen molar-refractivity contribution >= 4 is 0 Å². The van der Waals surface area contributed by atoms with Crippen molar-refractivity contribution in [2.24, 2.45) is 11.8 Å². The number of hydrogen-bond acceptors (Lipinski definition) is 4. The van der Waals surface area contributed by atoms with E-state index in [4.69, 9.17) is 5.84 Å². The third-order valence-corrected chi connectivity index (χ3v) is 2.79. The molecule has 0 fully saturated rings. The number of hydrazine groups is 1. The molecule has 0 saturated carbocycles. The van der Waals surface area contributed by atoms with Crippen molar-refractivity contribution < 1.29 is 0 Å². The van der Waals surface area contributed by atoms with Crippen molar-refractivity contribution in [1.82, 2.24) is 20.4 Å². The Morgan fingerprint density at radius 3 is 2.80 bits per heavy atom. The second-order valence-electron chi connectivity index (χ2n) is 3.91. The average Bonchev–Trinajstić information content (AvgIpc) is 2.68. The van der Waals surface area contributed by atoms with Gasteiger partial charge in [0.1, 0.15) is 0 Å². The van der Waals surface area contributed by atoms with Crippen LogP contribution in [0.15, 0.2) is 6.20 Å². The van der Waals surface area contributed by atoms with Gasteiger partial charge in [-0.1, -0.05) is 32.4 Å². The van der Waals surface area contributed by atoms with Gasteiger partial charge in [-0.25, -0.2) is 4.68 Å². The summed E-state index contributed by atoms with van der Waals surface area (Å²) in [6.45, 7) is 7.35. The fraction of sp³-hybridized carbons (Fsp3) is 0.800. The number of nitrogens with zero attached hydrogens (tertiary/aromatic N) is 3. The maximum Gasteiger partial charge on any atom is 0.0772 e. The SMILES string of the molecule is CCCn1nncc1C(NN)C(C)CC. The first-order chi connectivity index (χ1) is 7.24. The zero-order chi connectivity index (χ0) is 11.3. The van der Waals surface area contributed by atoms with E-state index in [1.807, 2.05) is 4.68 Å². The van der Waals surface area contributed by atoms with Crippen molar-refractivity contribution in [1.29, 1.82) is 0 Å². The molecule has 1 rings (SSSR count). The van der Waals surface area contributed by atoms with Gasteiger partial charge in [-0.2, -0.15) is 0 Å². The minimum Gasteiger partial charge on any atom is -0.271 e. The smallest absolute Gasteiger partial charge is 0.0772 e. The largest absolute Gasteiger partial charge is 0.271 e. The molecule has 0 bridgehead atoms. The highest BCUT2D eigenvalue weighted by molar-refractivity contribution is 5.03. The monoisotopic (exact) mass is 211 g/mol. The Bertz CT molecular complexity index is 283. The highest BCUT2D eigenvalue weighted by Crippen LogP contribution is 2.22. The molecule has 0 aliphatic rings. The Balaban J connectivity index is 2.85. The maximum atomic E-state index is 5.59. The zero-order valence-corrected chi connectivity index (χ0v) is 9.77. The highest BCUT2D eigenvalue weighted by Gasteiger charge is 2.20. The van der Waals surface area contributed by atoms with Crippen LogP contribution in [0.4, 0.5) is 0 Å². The molecule has 1 aromatic rings. The van der Waals surface area contributed by atoms with Crippen LogP contribution in [-0.2, 0) is 6.54 Å². The van der Waals surface area contributed by atoms with E-state index in [0.717, 1.165) is 25.1 Å². The van der Waals surface area contributed by atoms with Gasteiger partial charge < -0.3 is 0 Å². The lowest BCUT2D eigenvalue weighted by atomic mass is 9.97. The van der Waals surface area contributed by atoms with Gasteiger partial charge in [-0.15, -0.1) is 5.10 Å². The van der Waals surface area contributed by atoms with E-state index in [-0.39, 0.29) is 6.04 Å². The molecule has 2 atom stereocenters. The summed E-state index contributed by atoms with van der Waals surface area (Å²) >= 11 is 0. The van der Waals surface area contributed by atoms with Crippen molar-refractivity contribution in [3.63, 3.8) is 0 Å². The summed E-state index contributed by atoms with van der Waals surface area (Å²) in [7, 11) is 0. The summed E-state index contributed by atoms with van der Waals surface area (Å²) in [4.78, 5) is 0. The number of nitrogens with two attached hydrogens (primary N) is 1. The lowest BCUT2D eigenvalue weighted by Crippen LogP contribution is -2.34. The summed E-state index contributed by atoms with van der Waals surface area (Å²) in [5.41, 5.74) is 3.93. The Morgan fingerprint density at radius 2 is 2.27 bits per heavy atom. The molecule has 5 heteroatoms. The van der Waals surface area contributed by atoms with Gasteiger partial charge in [-0.05, 0) is 12.3 Å². The van der Waals surface area contributed by atoms with E-state index in [2.05, 4.69) is 36.5 Å². The molecule has 0 aliphatic heterocycles. The van der Waals surface area contributed by atoms with Crippen LogP contribution in [-0.4, -0.2) is 15.0 Å². The molecule has 1 heterocycles.